The molecule has 3 rings (SSSR count). The number of anilines is 1. The summed E-state index contributed by atoms with van der Waals surface area (Å²) in [5.74, 6) is -0.483. The molecule has 0 unspecified atom stereocenters. The van der Waals surface area contributed by atoms with Crippen molar-refractivity contribution in [1.82, 2.24) is 5.32 Å². The van der Waals surface area contributed by atoms with Gasteiger partial charge in [-0.2, -0.15) is 0 Å². The molecule has 0 bridgehead atoms. The van der Waals surface area contributed by atoms with Crippen molar-refractivity contribution in [3.63, 3.8) is 0 Å². The lowest BCUT2D eigenvalue weighted by atomic mass is 10.1. The number of aryl methyl sites for hydroxylation is 1. The Labute approximate surface area is 146 Å². The van der Waals surface area contributed by atoms with Gasteiger partial charge in [0, 0.05) is 18.7 Å². The molecule has 1 heterocycles. The highest BCUT2D eigenvalue weighted by Crippen LogP contribution is 2.27. The van der Waals surface area contributed by atoms with E-state index in [1.54, 1.807) is 17.0 Å². The Morgan fingerprint density at radius 2 is 1.84 bits per heavy atom. The maximum absolute atomic E-state index is 12.8. The molecular formula is C20H21FN2O2. The zero-order valence-electron chi connectivity index (χ0n) is 14.0. The van der Waals surface area contributed by atoms with Crippen molar-refractivity contribution in [2.45, 2.75) is 25.7 Å². The van der Waals surface area contributed by atoms with Crippen LogP contribution < -0.4 is 10.2 Å². The highest BCUT2D eigenvalue weighted by molar-refractivity contribution is 5.98. The summed E-state index contributed by atoms with van der Waals surface area (Å²) in [5.41, 5.74) is 3.11. The fourth-order valence-electron chi connectivity index (χ4n) is 3.06. The molecule has 0 saturated heterocycles. The summed E-state index contributed by atoms with van der Waals surface area (Å²) in [4.78, 5) is 26.0. The SMILES string of the molecule is O=C(CCCc1ccc(F)cc1)NCC(=O)N1CCc2ccccc21. The first-order valence-electron chi connectivity index (χ1n) is 8.53. The molecule has 2 amide bonds. The van der Waals surface area contributed by atoms with Gasteiger partial charge in [0.25, 0.3) is 0 Å². The van der Waals surface area contributed by atoms with Crippen molar-refractivity contribution < 1.29 is 14.0 Å². The van der Waals surface area contributed by atoms with Crippen LogP contribution >= 0.6 is 0 Å². The molecule has 1 N–H and O–H groups in total. The zero-order chi connectivity index (χ0) is 17.6. The molecule has 0 radical (unpaired) electrons. The van der Waals surface area contributed by atoms with E-state index in [4.69, 9.17) is 0 Å². The van der Waals surface area contributed by atoms with Crippen LogP contribution in [-0.2, 0) is 22.4 Å². The van der Waals surface area contributed by atoms with E-state index in [2.05, 4.69) is 5.32 Å². The van der Waals surface area contributed by atoms with Crippen LogP contribution in [-0.4, -0.2) is 24.9 Å². The predicted octanol–water partition coefficient (Wildman–Crippen LogP) is 2.85. The molecule has 1 aliphatic rings. The molecule has 0 spiro atoms. The van der Waals surface area contributed by atoms with Crippen LogP contribution in [0.15, 0.2) is 48.5 Å². The Morgan fingerprint density at radius 3 is 2.64 bits per heavy atom. The molecule has 0 fully saturated rings. The van der Waals surface area contributed by atoms with Crippen LogP contribution in [0.25, 0.3) is 0 Å². The summed E-state index contributed by atoms with van der Waals surface area (Å²) < 4.78 is 12.8. The average molecular weight is 340 g/mol. The molecule has 0 atom stereocenters. The maximum Gasteiger partial charge on any atom is 0.246 e. The molecule has 0 aliphatic carbocycles. The molecule has 1 aliphatic heterocycles. The van der Waals surface area contributed by atoms with Gasteiger partial charge in [-0.15, -0.1) is 0 Å². The highest BCUT2D eigenvalue weighted by Gasteiger charge is 2.23. The fourth-order valence-corrected chi connectivity index (χ4v) is 3.06. The van der Waals surface area contributed by atoms with Gasteiger partial charge in [-0.1, -0.05) is 30.3 Å². The molecular weight excluding hydrogens is 319 g/mol. The predicted molar refractivity (Wildman–Crippen MR) is 94.8 cm³/mol. The Kier molecular flexibility index (Phi) is 5.43. The second-order valence-corrected chi connectivity index (χ2v) is 6.18. The van der Waals surface area contributed by atoms with Gasteiger partial charge in [0.15, 0.2) is 0 Å². The second-order valence-electron chi connectivity index (χ2n) is 6.18. The quantitative estimate of drug-likeness (QED) is 0.879. The molecule has 25 heavy (non-hydrogen) atoms. The summed E-state index contributed by atoms with van der Waals surface area (Å²) in [5, 5.41) is 2.70. The number of benzene rings is 2. The van der Waals surface area contributed by atoms with E-state index >= 15 is 0 Å². The normalized spacial score (nSPS) is 12.8. The first kappa shape index (κ1) is 17.1. The van der Waals surface area contributed by atoms with Crippen molar-refractivity contribution in [2.24, 2.45) is 0 Å². The van der Waals surface area contributed by atoms with Gasteiger partial charge in [-0.05, 0) is 48.6 Å². The van der Waals surface area contributed by atoms with Crippen LogP contribution in [0.2, 0.25) is 0 Å². The zero-order valence-corrected chi connectivity index (χ0v) is 14.0. The Hall–Kier alpha value is -2.69. The summed E-state index contributed by atoms with van der Waals surface area (Å²) in [6.45, 7) is 0.683. The van der Waals surface area contributed by atoms with Crippen molar-refractivity contribution in [3.05, 3.63) is 65.5 Å². The number of para-hydroxylation sites is 1. The van der Waals surface area contributed by atoms with Crippen LogP contribution in [0.1, 0.15) is 24.0 Å². The summed E-state index contributed by atoms with van der Waals surface area (Å²) in [6.07, 6.45) is 2.58. The van der Waals surface area contributed by atoms with Gasteiger partial charge < -0.3 is 10.2 Å². The number of rotatable bonds is 6. The van der Waals surface area contributed by atoms with Gasteiger partial charge in [-0.25, -0.2) is 4.39 Å². The van der Waals surface area contributed by atoms with Crippen LogP contribution in [0.5, 0.6) is 0 Å². The van der Waals surface area contributed by atoms with Gasteiger partial charge in [0.1, 0.15) is 5.82 Å². The average Bonchev–Trinajstić information content (AvgIpc) is 3.05. The van der Waals surface area contributed by atoms with E-state index < -0.39 is 0 Å². The van der Waals surface area contributed by atoms with E-state index in [-0.39, 0.29) is 24.2 Å². The Balaban J connectivity index is 1.40. The third-order valence-corrected chi connectivity index (χ3v) is 4.41. The number of amides is 2. The lowest BCUT2D eigenvalue weighted by molar-refractivity contribution is -0.125. The molecule has 2 aromatic rings. The Morgan fingerprint density at radius 1 is 1.08 bits per heavy atom. The first-order valence-corrected chi connectivity index (χ1v) is 8.53. The number of carbonyl (C=O) groups excluding carboxylic acids is 2. The molecule has 0 aromatic heterocycles. The minimum Gasteiger partial charge on any atom is -0.347 e. The third kappa shape index (κ3) is 4.44. The van der Waals surface area contributed by atoms with Crippen molar-refractivity contribution >= 4 is 17.5 Å². The van der Waals surface area contributed by atoms with Crippen LogP contribution in [0.3, 0.4) is 0 Å². The minimum atomic E-state index is -0.261. The van der Waals surface area contributed by atoms with E-state index in [1.165, 1.54) is 17.7 Å². The molecule has 130 valence electrons. The van der Waals surface area contributed by atoms with Crippen LogP contribution in [0, 0.1) is 5.82 Å². The fraction of sp³-hybridized carbons (Fsp3) is 0.300. The van der Waals surface area contributed by atoms with Crippen molar-refractivity contribution in [3.8, 4) is 0 Å². The number of nitrogens with zero attached hydrogens (tertiary/aromatic N) is 1. The van der Waals surface area contributed by atoms with E-state index in [9.17, 15) is 14.0 Å². The highest BCUT2D eigenvalue weighted by atomic mass is 19.1. The number of hydrogen-bond donors (Lipinski definition) is 1. The van der Waals surface area contributed by atoms with Gasteiger partial charge in [0.05, 0.1) is 6.54 Å². The smallest absolute Gasteiger partial charge is 0.246 e. The number of halogens is 1. The number of fused-ring (bicyclic) bond motifs is 1. The topological polar surface area (TPSA) is 49.4 Å². The standard InChI is InChI=1S/C20H21FN2O2/c21-17-10-8-15(9-11-17)4-3-7-19(24)22-14-20(25)23-13-12-16-5-1-2-6-18(16)23/h1-2,5-6,8-11H,3-4,7,12-14H2,(H,22,24). The van der Waals surface area contributed by atoms with E-state index in [0.717, 1.165) is 17.7 Å². The largest absolute Gasteiger partial charge is 0.347 e. The van der Waals surface area contributed by atoms with Gasteiger partial charge in [-0.3, -0.25) is 9.59 Å². The van der Waals surface area contributed by atoms with E-state index in [0.29, 0.717) is 25.8 Å². The van der Waals surface area contributed by atoms with E-state index in [1.807, 2.05) is 24.3 Å². The molecule has 4 nitrogen and oxygen atoms in total. The summed E-state index contributed by atoms with van der Waals surface area (Å²) in [7, 11) is 0. The lowest BCUT2D eigenvalue weighted by Gasteiger charge is -2.17. The summed E-state index contributed by atoms with van der Waals surface area (Å²) >= 11 is 0. The van der Waals surface area contributed by atoms with Gasteiger partial charge in [0.2, 0.25) is 11.8 Å². The first-order chi connectivity index (χ1) is 12.1. The molecule has 2 aromatic carbocycles. The van der Waals surface area contributed by atoms with Crippen molar-refractivity contribution in [2.75, 3.05) is 18.0 Å². The number of carbonyl (C=O) groups is 2. The van der Waals surface area contributed by atoms with Crippen molar-refractivity contribution in [1.29, 1.82) is 0 Å². The third-order valence-electron chi connectivity index (χ3n) is 4.41. The maximum atomic E-state index is 12.8. The monoisotopic (exact) mass is 340 g/mol. The second kappa shape index (κ2) is 7.92. The summed E-state index contributed by atoms with van der Waals surface area (Å²) in [6, 6.07) is 14.1. The molecule has 0 saturated carbocycles. The lowest BCUT2D eigenvalue weighted by Crippen LogP contribution is -2.39. The molecule has 5 heteroatoms. The Bertz CT molecular complexity index is 759. The number of hydrogen-bond acceptors (Lipinski definition) is 2. The van der Waals surface area contributed by atoms with Crippen LogP contribution in [0.4, 0.5) is 10.1 Å². The number of nitrogens with one attached hydrogen (secondary N) is 1. The van der Waals surface area contributed by atoms with Gasteiger partial charge >= 0.3 is 0 Å². The minimum absolute atomic E-state index is 0.0176.